The minimum atomic E-state index is -0.391. The Morgan fingerprint density at radius 3 is 2.58 bits per heavy atom. The van der Waals surface area contributed by atoms with E-state index in [1.54, 1.807) is 0 Å². The molecular weight excluding hydrogens is 312 g/mol. The molecule has 0 bridgehead atoms. The van der Waals surface area contributed by atoms with Gasteiger partial charge in [-0.15, -0.1) is 0 Å². The van der Waals surface area contributed by atoms with Gasteiger partial charge in [-0.1, -0.05) is 26.2 Å². The number of hydrogen-bond acceptors (Lipinski definition) is 2. The molecular formula is C14H28N3ORb. The summed E-state index contributed by atoms with van der Waals surface area (Å²) >= 11 is 0. The second-order valence-electron chi connectivity index (χ2n) is 5.91. The number of carbonyl (C=O) groups is 1. The first-order chi connectivity index (χ1) is 8.57. The molecule has 19 heavy (non-hydrogen) atoms. The average Bonchev–Trinajstić information content (AvgIpc) is 3.07. The van der Waals surface area contributed by atoms with Crippen molar-refractivity contribution in [3.8, 4) is 0 Å². The summed E-state index contributed by atoms with van der Waals surface area (Å²) in [4.78, 5) is 11.6. The minimum absolute atomic E-state index is 0. The fourth-order valence-electron chi connectivity index (χ4n) is 2.10. The maximum absolute atomic E-state index is 11.6. The first-order valence-corrected chi connectivity index (χ1v) is 7.25. The molecule has 1 atom stereocenters. The molecule has 0 aromatic carbocycles. The monoisotopic (exact) mass is 339 g/mol. The predicted octanol–water partition coefficient (Wildman–Crippen LogP) is -0.373. The van der Waals surface area contributed by atoms with Crippen LogP contribution in [0.1, 0.15) is 58.3 Å². The summed E-state index contributed by atoms with van der Waals surface area (Å²) in [6, 6.07) is -0.391. The van der Waals surface area contributed by atoms with Crippen molar-refractivity contribution in [3.63, 3.8) is 0 Å². The van der Waals surface area contributed by atoms with Gasteiger partial charge in [0.2, 0.25) is 5.91 Å². The van der Waals surface area contributed by atoms with Crippen LogP contribution in [0.15, 0.2) is 0 Å². The Hall–Kier alpha value is 1.20. The topological polar surface area (TPSA) is 78.9 Å². The zero-order valence-corrected chi connectivity index (χ0v) is 17.6. The van der Waals surface area contributed by atoms with E-state index in [1.807, 2.05) is 0 Å². The molecule has 5 heteroatoms. The molecule has 0 aromatic heterocycles. The number of hydrogen-bond donors (Lipinski definition) is 2. The SMILES string of the molecule is CC1(CCCCNC(=O)[C@H](N)CCCC[NH-])CC1.[Rb+]. The van der Waals surface area contributed by atoms with Gasteiger partial charge in [-0.05, 0) is 37.5 Å². The van der Waals surface area contributed by atoms with Gasteiger partial charge in [0.15, 0.2) is 0 Å². The van der Waals surface area contributed by atoms with Crippen LogP contribution in [0.25, 0.3) is 5.73 Å². The molecule has 1 amide bonds. The van der Waals surface area contributed by atoms with Gasteiger partial charge < -0.3 is 16.8 Å². The molecule has 1 saturated carbocycles. The van der Waals surface area contributed by atoms with Crippen LogP contribution in [-0.2, 0) is 4.79 Å². The Labute approximate surface area is 166 Å². The number of rotatable bonds is 10. The van der Waals surface area contributed by atoms with E-state index < -0.39 is 6.04 Å². The molecule has 0 aliphatic heterocycles. The van der Waals surface area contributed by atoms with Crippen LogP contribution < -0.4 is 69.2 Å². The van der Waals surface area contributed by atoms with E-state index in [-0.39, 0.29) is 64.1 Å². The van der Waals surface area contributed by atoms with Gasteiger partial charge in [0.05, 0.1) is 6.04 Å². The molecule has 1 fully saturated rings. The molecule has 1 rings (SSSR count). The first kappa shape index (κ1) is 20.2. The summed E-state index contributed by atoms with van der Waals surface area (Å²) in [6.45, 7) is 3.52. The molecule has 4 nitrogen and oxygen atoms in total. The Morgan fingerprint density at radius 2 is 2.00 bits per heavy atom. The minimum Gasteiger partial charge on any atom is -0.677 e. The van der Waals surface area contributed by atoms with Crippen molar-refractivity contribution in [1.29, 1.82) is 0 Å². The van der Waals surface area contributed by atoms with Crippen LogP contribution in [-0.4, -0.2) is 25.0 Å². The summed E-state index contributed by atoms with van der Waals surface area (Å²) in [6.07, 6.45) is 8.70. The van der Waals surface area contributed by atoms with Gasteiger partial charge in [-0.25, -0.2) is 0 Å². The van der Waals surface area contributed by atoms with E-state index in [9.17, 15) is 4.79 Å². The van der Waals surface area contributed by atoms with Gasteiger partial charge in [0.1, 0.15) is 0 Å². The summed E-state index contributed by atoms with van der Waals surface area (Å²) in [5.74, 6) is -0.0300. The van der Waals surface area contributed by atoms with E-state index in [2.05, 4.69) is 12.2 Å². The third kappa shape index (κ3) is 9.70. The molecule has 106 valence electrons. The molecule has 4 N–H and O–H groups in total. The number of unbranched alkanes of at least 4 members (excludes halogenated alkanes) is 2. The van der Waals surface area contributed by atoms with Crippen molar-refractivity contribution >= 4 is 5.91 Å². The van der Waals surface area contributed by atoms with Crippen LogP contribution in [0.3, 0.4) is 0 Å². The van der Waals surface area contributed by atoms with Crippen LogP contribution in [0.4, 0.5) is 0 Å². The maximum Gasteiger partial charge on any atom is 1.00 e. The normalized spacial score (nSPS) is 17.4. The molecule has 0 radical (unpaired) electrons. The summed E-state index contributed by atoms with van der Waals surface area (Å²) in [5.41, 5.74) is 13.4. The third-order valence-electron chi connectivity index (χ3n) is 3.89. The fourth-order valence-corrected chi connectivity index (χ4v) is 2.10. The molecule has 0 unspecified atom stereocenters. The molecule has 1 aliphatic rings. The predicted molar refractivity (Wildman–Crippen MR) is 75.2 cm³/mol. The molecule has 0 aromatic rings. The van der Waals surface area contributed by atoms with Gasteiger partial charge >= 0.3 is 58.2 Å². The van der Waals surface area contributed by atoms with Crippen molar-refractivity contribution < 1.29 is 63.0 Å². The van der Waals surface area contributed by atoms with Crippen molar-refractivity contribution in [1.82, 2.24) is 5.32 Å². The molecule has 1 aliphatic carbocycles. The fraction of sp³-hybridized carbons (Fsp3) is 0.929. The number of carbonyl (C=O) groups excluding carboxylic acids is 1. The van der Waals surface area contributed by atoms with Crippen LogP contribution in [0.5, 0.6) is 0 Å². The van der Waals surface area contributed by atoms with E-state index in [4.69, 9.17) is 11.5 Å². The van der Waals surface area contributed by atoms with Gasteiger partial charge in [0, 0.05) is 6.54 Å². The zero-order chi connectivity index (χ0) is 13.4. The molecule has 0 spiro atoms. The van der Waals surface area contributed by atoms with E-state index in [0.717, 1.165) is 25.8 Å². The first-order valence-electron chi connectivity index (χ1n) is 7.25. The maximum atomic E-state index is 11.6. The number of nitrogens with one attached hydrogen (secondary N) is 2. The second kappa shape index (κ2) is 10.9. The zero-order valence-electron chi connectivity index (χ0n) is 12.6. The molecule has 0 heterocycles. The van der Waals surface area contributed by atoms with Crippen LogP contribution in [0, 0.1) is 5.41 Å². The van der Waals surface area contributed by atoms with Gasteiger partial charge in [-0.3, -0.25) is 4.79 Å². The van der Waals surface area contributed by atoms with E-state index in [1.165, 1.54) is 25.7 Å². The van der Waals surface area contributed by atoms with Crippen molar-refractivity contribution in [2.45, 2.75) is 64.3 Å². The summed E-state index contributed by atoms with van der Waals surface area (Å²) in [7, 11) is 0. The Bertz CT molecular complexity index is 257. The van der Waals surface area contributed by atoms with Crippen molar-refractivity contribution in [2.75, 3.05) is 13.1 Å². The summed E-state index contributed by atoms with van der Waals surface area (Å²) < 4.78 is 0. The Balaban J connectivity index is 0.00000324. The van der Waals surface area contributed by atoms with Gasteiger partial charge in [0.25, 0.3) is 0 Å². The average molecular weight is 340 g/mol. The number of amides is 1. The van der Waals surface area contributed by atoms with E-state index in [0.29, 0.717) is 18.4 Å². The Morgan fingerprint density at radius 1 is 1.32 bits per heavy atom. The van der Waals surface area contributed by atoms with Crippen LogP contribution >= 0.6 is 0 Å². The molecule has 0 saturated heterocycles. The quantitative estimate of drug-likeness (QED) is 0.532. The smallest absolute Gasteiger partial charge is 0.677 e. The largest absolute Gasteiger partial charge is 1.00 e. The van der Waals surface area contributed by atoms with Crippen LogP contribution in [0.2, 0.25) is 0 Å². The third-order valence-corrected chi connectivity index (χ3v) is 3.89. The second-order valence-corrected chi connectivity index (χ2v) is 5.91. The number of nitrogens with two attached hydrogens (primary N) is 1. The standard InChI is InChI=1S/C14H28N3O.Rb/c1-14(8-9-14)7-3-5-11-17-13(18)12(16)6-2-4-10-15;/h12,15H,2-11,16H2,1H3,(H,17,18);/q-1;+1/t12-;/m1./s1. The van der Waals surface area contributed by atoms with Crippen molar-refractivity contribution in [3.05, 3.63) is 5.73 Å². The van der Waals surface area contributed by atoms with E-state index >= 15 is 0 Å². The van der Waals surface area contributed by atoms with Gasteiger partial charge in [-0.2, -0.15) is 6.54 Å². The van der Waals surface area contributed by atoms with Crippen molar-refractivity contribution in [2.24, 2.45) is 11.1 Å². The summed E-state index contributed by atoms with van der Waals surface area (Å²) in [5, 5.41) is 2.91. The Kier molecular flexibility index (Phi) is 11.5.